The van der Waals surface area contributed by atoms with Crippen LogP contribution in [-0.4, -0.2) is 31.6 Å². The van der Waals surface area contributed by atoms with E-state index in [1.54, 1.807) is 24.3 Å². The van der Waals surface area contributed by atoms with Gasteiger partial charge in [0.15, 0.2) is 0 Å². The molecule has 0 radical (unpaired) electrons. The summed E-state index contributed by atoms with van der Waals surface area (Å²) in [6.45, 7) is 2.82. The summed E-state index contributed by atoms with van der Waals surface area (Å²) >= 11 is 0. The van der Waals surface area contributed by atoms with Crippen molar-refractivity contribution in [1.82, 2.24) is 5.32 Å². The Labute approximate surface area is 146 Å². The summed E-state index contributed by atoms with van der Waals surface area (Å²) in [6, 6.07) is 14.6. The van der Waals surface area contributed by atoms with E-state index >= 15 is 0 Å². The summed E-state index contributed by atoms with van der Waals surface area (Å²) in [5.74, 6) is 0.500. The number of rotatable bonds is 9. The van der Waals surface area contributed by atoms with Crippen LogP contribution in [0.1, 0.15) is 22.3 Å². The largest absolute Gasteiger partial charge is 0.493 e. The summed E-state index contributed by atoms with van der Waals surface area (Å²) in [4.78, 5) is 22.6. The van der Waals surface area contributed by atoms with Crippen LogP contribution in [0.5, 0.6) is 11.5 Å². The minimum Gasteiger partial charge on any atom is -0.493 e. The second-order valence-corrected chi connectivity index (χ2v) is 5.49. The highest BCUT2D eigenvalue weighted by Crippen LogP contribution is 2.17. The van der Waals surface area contributed by atoms with Crippen molar-refractivity contribution in [3.8, 4) is 11.5 Å². The van der Waals surface area contributed by atoms with Crippen LogP contribution in [0.4, 0.5) is 0 Å². The van der Waals surface area contributed by atoms with Gasteiger partial charge in [-0.1, -0.05) is 24.3 Å². The molecule has 2 rings (SSSR count). The SMILES string of the molecule is Cc1ccccc1OCCCOc1cccc(C(=O)NCC(N)=O)c1. The smallest absolute Gasteiger partial charge is 0.251 e. The van der Waals surface area contributed by atoms with Crippen LogP contribution in [0.2, 0.25) is 0 Å². The Kier molecular flexibility index (Phi) is 6.83. The summed E-state index contributed by atoms with van der Waals surface area (Å²) in [5.41, 5.74) is 6.51. The molecule has 3 N–H and O–H groups in total. The van der Waals surface area contributed by atoms with Gasteiger partial charge in [-0.15, -0.1) is 0 Å². The van der Waals surface area contributed by atoms with Crippen molar-refractivity contribution in [1.29, 1.82) is 0 Å². The maximum absolute atomic E-state index is 11.9. The molecule has 0 bridgehead atoms. The maximum atomic E-state index is 11.9. The van der Waals surface area contributed by atoms with Gasteiger partial charge in [0, 0.05) is 12.0 Å². The number of hydrogen-bond donors (Lipinski definition) is 2. The standard InChI is InChI=1S/C19H22N2O4/c1-14-6-2-3-9-17(14)25-11-5-10-24-16-8-4-7-15(12-16)19(23)21-13-18(20)22/h2-4,6-9,12H,5,10-11,13H2,1H3,(H2,20,22)(H,21,23). The predicted molar refractivity (Wildman–Crippen MR) is 94.8 cm³/mol. The lowest BCUT2D eigenvalue weighted by molar-refractivity contribution is -0.117. The number of hydrogen-bond acceptors (Lipinski definition) is 4. The van der Waals surface area contributed by atoms with E-state index in [2.05, 4.69) is 5.32 Å². The molecule has 2 aromatic carbocycles. The molecule has 0 aliphatic carbocycles. The van der Waals surface area contributed by atoms with Gasteiger partial charge in [0.1, 0.15) is 11.5 Å². The lowest BCUT2D eigenvalue weighted by Crippen LogP contribution is -2.33. The van der Waals surface area contributed by atoms with E-state index in [4.69, 9.17) is 15.2 Å². The molecular weight excluding hydrogens is 320 g/mol. The zero-order valence-corrected chi connectivity index (χ0v) is 14.2. The molecule has 0 aliphatic heterocycles. The number of amides is 2. The van der Waals surface area contributed by atoms with E-state index in [-0.39, 0.29) is 12.5 Å². The van der Waals surface area contributed by atoms with Gasteiger partial charge in [0.25, 0.3) is 5.91 Å². The number of carbonyl (C=O) groups is 2. The molecule has 0 heterocycles. The van der Waals surface area contributed by atoms with Crippen LogP contribution in [0.15, 0.2) is 48.5 Å². The molecule has 6 nitrogen and oxygen atoms in total. The van der Waals surface area contributed by atoms with Gasteiger partial charge in [0.2, 0.25) is 5.91 Å². The first kappa shape index (κ1) is 18.3. The van der Waals surface area contributed by atoms with Crippen molar-refractivity contribution in [2.45, 2.75) is 13.3 Å². The molecule has 0 unspecified atom stereocenters. The Morgan fingerprint density at radius 3 is 2.56 bits per heavy atom. The Morgan fingerprint density at radius 1 is 1.04 bits per heavy atom. The second kappa shape index (κ2) is 9.32. The van der Waals surface area contributed by atoms with Crippen LogP contribution in [0.3, 0.4) is 0 Å². The van der Waals surface area contributed by atoms with Crippen LogP contribution in [-0.2, 0) is 4.79 Å². The molecule has 0 saturated heterocycles. The van der Waals surface area contributed by atoms with Gasteiger partial charge >= 0.3 is 0 Å². The molecule has 0 fully saturated rings. The molecule has 0 atom stereocenters. The van der Waals surface area contributed by atoms with E-state index in [9.17, 15) is 9.59 Å². The van der Waals surface area contributed by atoms with E-state index in [1.165, 1.54) is 0 Å². The predicted octanol–water partition coefficient (Wildman–Crippen LogP) is 2.06. The number of nitrogens with one attached hydrogen (secondary N) is 1. The number of carbonyl (C=O) groups excluding carboxylic acids is 2. The highest BCUT2D eigenvalue weighted by atomic mass is 16.5. The third-order valence-electron chi connectivity index (χ3n) is 3.43. The van der Waals surface area contributed by atoms with Gasteiger partial charge in [-0.25, -0.2) is 0 Å². The van der Waals surface area contributed by atoms with Crippen molar-refractivity contribution in [3.63, 3.8) is 0 Å². The van der Waals surface area contributed by atoms with Crippen LogP contribution in [0.25, 0.3) is 0 Å². The van der Waals surface area contributed by atoms with Crippen molar-refractivity contribution in [2.75, 3.05) is 19.8 Å². The molecule has 0 spiro atoms. The third-order valence-corrected chi connectivity index (χ3v) is 3.43. The molecule has 132 valence electrons. The van der Waals surface area contributed by atoms with E-state index < -0.39 is 5.91 Å². The fraction of sp³-hybridized carbons (Fsp3) is 0.263. The number of ether oxygens (including phenoxy) is 2. The van der Waals surface area contributed by atoms with Crippen molar-refractivity contribution >= 4 is 11.8 Å². The third kappa shape index (κ3) is 6.18. The van der Waals surface area contributed by atoms with Crippen molar-refractivity contribution < 1.29 is 19.1 Å². The Hall–Kier alpha value is -3.02. The first-order valence-electron chi connectivity index (χ1n) is 8.04. The van der Waals surface area contributed by atoms with Gasteiger partial charge in [0.05, 0.1) is 19.8 Å². The lowest BCUT2D eigenvalue weighted by atomic mass is 10.2. The van der Waals surface area contributed by atoms with E-state index in [0.29, 0.717) is 30.9 Å². The van der Waals surface area contributed by atoms with Crippen LogP contribution in [0, 0.1) is 6.92 Å². The monoisotopic (exact) mass is 342 g/mol. The van der Waals surface area contributed by atoms with Crippen molar-refractivity contribution in [2.24, 2.45) is 5.73 Å². The number of para-hydroxylation sites is 1. The Bertz CT molecular complexity index is 731. The fourth-order valence-corrected chi connectivity index (χ4v) is 2.15. The topological polar surface area (TPSA) is 90.7 Å². The number of nitrogens with two attached hydrogens (primary N) is 1. The number of aryl methyl sites for hydroxylation is 1. The molecule has 2 amide bonds. The van der Waals surface area contributed by atoms with Crippen LogP contribution < -0.4 is 20.5 Å². The molecule has 2 aromatic rings. The van der Waals surface area contributed by atoms with E-state index in [0.717, 1.165) is 11.3 Å². The highest BCUT2D eigenvalue weighted by molar-refractivity contribution is 5.96. The summed E-state index contributed by atoms with van der Waals surface area (Å²) < 4.78 is 11.3. The van der Waals surface area contributed by atoms with E-state index in [1.807, 2.05) is 31.2 Å². The second-order valence-electron chi connectivity index (χ2n) is 5.49. The van der Waals surface area contributed by atoms with Gasteiger partial charge < -0.3 is 20.5 Å². The Morgan fingerprint density at radius 2 is 1.80 bits per heavy atom. The molecule has 25 heavy (non-hydrogen) atoms. The van der Waals surface area contributed by atoms with Gasteiger partial charge in [-0.05, 0) is 36.8 Å². The highest BCUT2D eigenvalue weighted by Gasteiger charge is 2.07. The molecule has 0 aliphatic rings. The average Bonchev–Trinajstić information content (AvgIpc) is 2.61. The van der Waals surface area contributed by atoms with Gasteiger partial charge in [-0.3, -0.25) is 9.59 Å². The van der Waals surface area contributed by atoms with Gasteiger partial charge in [-0.2, -0.15) is 0 Å². The van der Waals surface area contributed by atoms with Crippen LogP contribution >= 0.6 is 0 Å². The fourth-order valence-electron chi connectivity index (χ4n) is 2.15. The average molecular weight is 342 g/mol. The molecule has 0 aromatic heterocycles. The summed E-state index contributed by atoms with van der Waals surface area (Å²) in [5, 5.41) is 2.44. The number of primary amides is 1. The summed E-state index contributed by atoms with van der Waals surface area (Å²) in [6.07, 6.45) is 0.715. The first-order valence-corrected chi connectivity index (χ1v) is 8.04. The zero-order valence-electron chi connectivity index (χ0n) is 14.2. The molecule has 6 heteroatoms. The number of benzene rings is 2. The Balaban J connectivity index is 1.75. The van der Waals surface area contributed by atoms with Crippen molar-refractivity contribution in [3.05, 3.63) is 59.7 Å². The zero-order chi connectivity index (χ0) is 18.1. The summed E-state index contributed by atoms with van der Waals surface area (Å²) in [7, 11) is 0. The minimum absolute atomic E-state index is 0.194. The normalized spacial score (nSPS) is 10.1. The first-order chi connectivity index (χ1) is 12.1. The minimum atomic E-state index is -0.589. The molecule has 0 saturated carbocycles. The molecular formula is C19H22N2O4. The lowest BCUT2D eigenvalue weighted by Gasteiger charge is -2.10. The maximum Gasteiger partial charge on any atom is 0.251 e. The quantitative estimate of drug-likeness (QED) is 0.683.